The van der Waals surface area contributed by atoms with Crippen LogP contribution in [0.25, 0.3) is 0 Å². The lowest BCUT2D eigenvalue weighted by atomic mass is 9.93. The van der Waals surface area contributed by atoms with Gasteiger partial charge in [-0.15, -0.1) is 17.5 Å². The Labute approximate surface area is 194 Å². The molecule has 0 amide bonds. The van der Waals surface area contributed by atoms with Crippen LogP contribution in [-0.4, -0.2) is 62.2 Å². The normalized spacial score (nSPS) is 19.5. The molecule has 2 aliphatic rings. The van der Waals surface area contributed by atoms with Crippen LogP contribution in [0.3, 0.4) is 0 Å². The van der Waals surface area contributed by atoms with Gasteiger partial charge in [-0.2, -0.15) is 0 Å². The van der Waals surface area contributed by atoms with E-state index in [-0.39, 0.29) is 24.3 Å². The van der Waals surface area contributed by atoms with Crippen molar-refractivity contribution in [1.82, 2.24) is 30.0 Å². The van der Waals surface area contributed by atoms with Gasteiger partial charge in [0.05, 0.1) is 12.3 Å². The van der Waals surface area contributed by atoms with Crippen LogP contribution in [0.1, 0.15) is 55.3 Å². The van der Waals surface area contributed by atoms with Gasteiger partial charge in [0.1, 0.15) is 18.1 Å². The minimum absolute atomic E-state index is 0. The molecule has 32 heavy (non-hydrogen) atoms. The van der Waals surface area contributed by atoms with Gasteiger partial charge in [0.25, 0.3) is 0 Å². The highest BCUT2D eigenvalue weighted by Crippen LogP contribution is 2.30. The van der Waals surface area contributed by atoms with Crippen LogP contribution in [0.5, 0.6) is 0 Å². The molecule has 1 atom stereocenters. The van der Waals surface area contributed by atoms with Crippen molar-refractivity contribution < 1.29 is 8.81 Å². The summed E-state index contributed by atoms with van der Waals surface area (Å²) in [5.74, 6) is 1.32. The molecule has 1 saturated carbocycles. The van der Waals surface area contributed by atoms with E-state index in [2.05, 4.69) is 25.3 Å². The molecule has 9 heteroatoms. The molecule has 1 unspecified atom stereocenters. The number of halogens is 2. The number of nitrogens with zero attached hydrogens (tertiary/aromatic N) is 6. The summed E-state index contributed by atoms with van der Waals surface area (Å²) >= 11 is 0. The summed E-state index contributed by atoms with van der Waals surface area (Å²) in [6.45, 7) is 4.43. The van der Waals surface area contributed by atoms with Crippen molar-refractivity contribution in [3.05, 3.63) is 65.6 Å². The number of benzene rings is 1. The van der Waals surface area contributed by atoms with Crippen LogP contribution in [0.4, 0.5) is 4.39 Å². The van der Waals surface area contributed by atoms with Crippen LogP contribution in [0.15, 0.2) is 47.1 Å². The van der Waals surface area contributed by atoms with Gasteiger partial charge in [-0.3, -0.25) is 9.80 Å². The first-order chi connectivity index (χ1) is 15.3. The molecule has 1 aliphatic carbocycles. The summed E-state index contributed by atoms with van der Waals surface area (Å²) in [6, 6.07) is 11.1. The molecule has 1 aromatic carbocycles. The third-order valence-electron chi connectivity index (χ3n) is 6.68. The molecule has 0 radical (unpaired) electrons. The summed E-state index contributed by atoms with van der Waals surface area (Å²) in [5, 5.41) is 12.6. The van der Waals surface area contributed by atoms with Crippen molar-refractivity contribution in [1.29, 1.82) is 0 Å². The third kappa shape index (κ3) is 5.03. The van der Waals surface area contributed by atoms with Crippen molar-refractivity contribution in [2.75, 3.05) is 26.2 Å². The highest BCUT2D eigenvalue weighted by Gasteiger charge is 2.32. The van der Waals surface area contributed by atoms with E-state index in [4.69, 9.17) is 4.42 Å². The zero-order valence-electron chi connectivity index (χ0n) is 18.1. The Balaban J connectivity index is 0.00000245. The fourth-order valence-electron chi connectivity index (χ4n) is 5.05. The molecular weight excluding hydrogens is 431 g/mol. The van der Waals surface area contributed by atoms with Crippen molar-refractivity contribution in [3.8, 4) is 0 Å². The number of tetrazole rings is 1. The summed E-state index contributed by atoms with van der Waals surface area (Å²) in [4.78, 5) is 5.08. The largest absolute Gasteiger partial charge is 0.467 e. The first-order valence-corrected chi connectivity index (χ1v) is 11.3. The second-order valence-corrected chi connectivity index (χ2v) is 8.59. The Morgan fingerprint density at radius 2 is 1.75 bits per heavy atom. The summed E-state index contributed by atoms with van der Waals surface area (Å²) < 4.78 is 20.9. The fourth-order valence-corrected chi connectivity index (χ4v) is 5.05. The highest BCUT2D eigenvalue weighted by molar-refractivity contribution is 5.85. The molecule has 2 fully saturated rings. The van der Waals surface area contributed by atoms with Crippen molar-refractivity contribution >= 4 is 12.4 Å². The Kier molecular flexibility index (Phi) is 7.55. The van der Waals surface area contributed by atoms with E-state index in [9.17, 15) is 4.39 Å². The summed E-state index contributed by atoms with van der Waals surface area (Å²) in [7, 11) is 0. The van der Waals surface area contributed by atoms with E-state index < -0.39 is 0 Å². The maximum atomic E-state index is 13.6. The van der Waals surface area contributed by atoms with Gasteiger partial charge >= 0.3 is 0 Å². The van der Waals surface area contributed by atoms with E-state index >= 15 is 0 Å². The average molecular weight is 461 g/mol. The predicted molar refractivity (Wildman–Crippen MR) is 121 cm³/mol. The minimum atomic E-state index is -0.236. The summed E-state index contributed by atoms with van der Waals surface area (Å²) in [6.07, 6.45) is 8.38. The quantitative estimate of drug-likeness (QED) is 0.555. The number of hydrogen-bond donors (Lipinski definition) is 0. The van der Waals surface area contributed by atoms with E-state index in [1.165, 1.54) is 44.2 Å². The molecule has 0 N–H and O–H groups in total. The van der Waals surface area contributed by atoms with Gasteiger partial charge in [-0.05, 0) is 53.1 Å². The van der Waals surface area contributed by atoms with Gasteiger partial charge in [0.2, 0.25) is 0 Å². The predicted octanol–water partition coefficient (Wildman–Crippen LogP) is 3.92. The van der Waals surface area contributed by atoms with Crippen molar-refractivity contribution in [2.24, 2.45) is 0 Å². The van der Waals surface area contributed by atoms with Crippen LogP contribution in [0.2, 0.25) is 0 Å². The van der Waals surface area contributed by atoms with Crippen LogP contribution in [-0.2, 0) is 6.54 Å². The van der Waals surface area contributed by atoms with E-state index in [1.807, 2.05) is 24.3 Å². The smallest absolute Gasteiger partial charge is 0.173 e. The number of rotatable bonds is 6. The van der Waals surface area contributed by atoms with Crippen LogP contribution in [0, 0.1) is 5.82 Å². The Hall–Kier alpha value is -2.29. The van der Waals surface area contributed by atoms with Crippen molar-refractivity contribution in [2.45, 2.75) is 50.7 Å². The number of hydrogen-bond acceptors (Lipinski definition) is 6. The first kappa shape index (κ1) is 22.9. The number of furan rings is 1. The van der Waals surface area contributed by atoms with E-state index in [1.54, 1.807) is 10.9 Å². The second kappa shape index (κ2) is 10.6. The molecule has 3 heterocycles. The number of aromatic nitrogens is 4. The molecule has 172 valence electrons. The standard InChI is InChI=1S/C23H29FN6O.ClH/c24-19-10-8-18(9-11-19)22(23-25-26-27-30(23)17-21-7-4-16-31-21)29-14-12-28(13-15-29)20-5-2-1-3-6-20;/h4,7-11,16,20,22H,1-3,5-6,12-15,17H2;1H. The molecular formula is C23H30ClFN6O. The molecule has 0 spiro atoms. The fraction of sp³-hybridized carbons (Fsp3) is 0.522. The molecule has 2 aromatic heterocycles. The van der Waals surface area contributed by atoms with Crippen molar-refractivity contribution in [3.63, 3.8) is 0 Å². The first-order valence-electron chi connectivity index (χ1n) is 11.3. The van der Waals surface area contributed by atoms with Gasteiger partial charge in [-0.1, -0.05) is 31.4 Å². The topological polar surface area (TPSA) is 63.2 Å². The molecule has 1 aliphatic heterocycles. The minimum Gasteiger partial charge on any atom is -0.467 e. The summed E-state index contributed by atoms with van der Waals surface area (Å²) in [5.41, 5.74) is 1.00. The van der Waals surface area contributed by atoms with E-state index in [0.717, 1.165) is 49.4 Å². The number of piperazine rings is 1. The zero-order valence-corrected chi connectivity index (χ0v) is 19.0. The average Bonchev–Trinajstić information content (AvgIpc) is 3.49. The molecule has 7 nitrogen and oxygen atoms in total. The molecule has 0 bridgehead atoms. The Bertz CT molecular complexity index is 949. The Morgan fingerprint density at radius 1 is 1.00 bits per heavy atom. The molecule has 3 aromatic rings. The highest BCUT2D eigenvalue weighted by atomic mass is 35.5. The maximum absolute atomic E-state index is 13.6. The van der Waals surface area contributed by atoms with Gasteiger partial charge < -0.3 is 4.42 Å². The lowest BCUT2D eigenvalue weighted by molar-refractivity contribution is 0.0620. The lowest BCUT2D eigenvalue weighted by Gasteiger charge is -2.43. The second-order valence-electron chi connectivity index (χ2n) is 8.59. The van der Waals surface area contributed by atoms with E-state index in [0.29, 0.717) is 6.54 Å². The van der Waals surface area contributed by atoms with Crippen LogP contribution >= 0.6 is 12.4 Å². The molecule has 5 rings (SSSR count). The zero-order chi connectivity index (χ0) is 21.0. The third-order valence-corrected chi connectivity index (χ3v) is 6.68. The van der Waals surface area contributed by atoms with Gasteiger partial charge in [0, 0.05) is 32.2 Å². The van der Waals surface area contributed by atoms with Crippen LogP contribution < -0.4 is 0 Å². The van der Waals surface area contributed by atoms with Gasteiger partial charge in [-0.25, -0.2) is 9.07 Å². The van der Waals surface area contributed by atoms with Gasteiger partial charge in [0.15, 0.2) is 5.82 Å². The SMILES string of the molecule is Cl.Fc1ccc(C(c2nnnn2Cc2ccco2)N2CCN(C3CCCCC3)CC2)cc1. The Morgan fingerprint density at radius 3 is 2.44 bits per heavy atom. The molecule has 1 saturated heterocycles. The monoisotopic (exact) mass is 460 g/mol. The lowest BCUT2D eigenvalue weighted by Crippen LogP contribution is -2.52. The maximum Gasteiger partial charge on any atom is 0.173 e.